The Morgan fingerprint density at radius 2 is 2.32 bits per heavy atom. The van der Waals surface area contributed by atoms with Gasteiger partial charge in [-0.05, 0) is 31.7 Å². The van der Waals surface area contributed by atoms with E-state index < -0.39 is 0 Å². The highest BCUT2D eigenvalue weighted by Gasteiger charge is 2.23. The molecule has 0 unspecified atom stereocenters. The molecule has 0 radical (unpaired) electrons. The zero-order valence-electron chi connectivity index (χ0n) is 11.9. The molecular weight excluding hydrogens is 242 g/mol. The summed E-state index contributed by atoms with van der Waals surface area (Å²) in [5, 5.41) is 13.1. The molecule has 1 aliphatic heterocycles. The van der Waals surface area contributed by atoms with Crippen molar-refractivity contribution in [1.82, 2.24) is 25.6 Å². The van der Waals surface area contributed by atoms with E-state index in [0.717, 1.165) is 32.6 Å². The van der Waals surface area contributed by atoms with Crippen molar-refractivity contribution in [3.63, 3.8) is 0 Å². The maximum Gasteiger partial charge on any atom is 0.273 e. The van der Waals surface area contributed by atoms with Crippen molar-refractivity contribution in [2.45, 2.75) is 27.2 Å². The predicted molar refractivity (Wildman–Crippen MR) is 72.8 cm³/mol. The van der Waals surface area contributed by atoms with Crippen LogP contribution in [0.15, 0.2) is 0 Å². The number of H-pyrrole nitrogens is 1. The lowest BCUT2D eigenvalue weighted by molar-refractivity contribution is 0.0941. The highest BCUT2D eigenvalue weighted by Crippen LogP contribution is 2.16. The summed E-state index contributed by atoms with van der Waals surface area (Å²) in [6.45, 7) is 10.3. The van der Waals surface area contributed by atoms with Crippen LogP contribution in [0.25, 0.3) is 0 Å². The van der Waals surface area contributed by atoms with Gasteiger partial charge in [0.25, 0.3) is 5.91 Å². The minimum absolute atomic E-state index is 0.131. The zero-order valence-corrected chi connectivity index (χ0v) is 11.9. The van der Waals surface area contributed by atoms with Crippen molar-refractivity contribution in [3.8, 4) is 0 Å². The van der Waals surface area contributed by atoms with Gasteiger partial charge in [0.05, 0.1) is 5.69 Å². The molecule has 1 aromatic heterocycles. The van der Waals surface area contributed by atoms with Crippen LogP contribution < -0.4 is 5.32 Å². The fraction of sp³-hybridized carbons (Fsp3) is 0.769. The summed E-state index contributed by atoms with van der Waals surface area (Å²) in [4.78, 5) is 14.4. The number of hydrogen-bond donors (Lipinski definition) is 2. The van der Waals surface area contributed by atoms with E-state index in [1.165, 1.54) is 0 Å². The topological polar surface area (TPSA) is 73.9 Å². The van der Waals surface area contributed by atoms with Crippen molar-refractivity contribution in [2.75, 3.05) is 26.2 Å². The maximum absolute atomic E-state index is 11.9. The summed E-state index contributed by atoms with van der Waals surface area (Å²) >= 11 is 0. The van der Waals surface area contributed by atoms with Crippen molar-refractivity contribution in [1.29, 1.82) is 0 Å². The third-order valence-corrected chi connectivity index (χ3v) is 3.48. The first kappa shape index (κ1) is 14.0. The van der Waals surface area contributed by atoms with Gasteiger partial charge < -0.3 is 10.2 Å². The van der Waals surface area contributed by atoms with Crippen LogP contribution in [-0.2, 0) is 0 Å². The number of hydrogen-bond acceptors (Lipinski definition) is 4. The molecule has 1 amide bonds. The van der Waals surface area contributed by atoms with Crippen LogP contribution in [0.5, 0.6) is 0 Å². The van der Waals surface area contributed by atoms with Crippen molar-refractivity contribution < 1.29 is 4.79 Å². The molecule has 1 fully saturated rings. The summed E-state index contributed by atoms with van der Waals surface area (Å²) < 4.78 is 0. The number of carbonyl (C=O) groups is 1. The van der Waals surface area contributed by atoms with Crippen LogP contribution in [0, 0.1) is 18.8 Å². The second-order valence-corrected chi connectivity index (χ2v) is 5.78. The highest BCUT2D eigenvalue weighted by molar-refractivity contribution is 5.93. The minimum Gasteiger partial charge on any atom is -0.350 e. The fourth-order valence-electron chi connectivity index (χ4n) is 2.58. The molecule has 1 aromatic rings. The van der Waals surface area contributed by atoms with Crippen LogP contribution in [-0.4, -0.2) is 52.4 Å². The van der Waals surface area contributed by atoms with E-state index in [1.54, 1.807) is 6.92 Å². The molecule has 1 aliphatic rings. The number of aryl methyl sites for hydroxylation is 1. The Balaban J connectivity index is 1.75. The standard InChI is InChI=1S/C13H23N5O/c1-9(2)7-18-5-4-11(8-18)6-14-13(19)12-10(3)15-17-16-12/h9,11H,4-8H2,1-3H3,(H,14,19)(H,15,16,17)/t11-/m0/s1. The van der Waals surface area contributed by atoms with E-state index in [9.17, 15) is 4.79 Å². The zero-order chi connectivity index (χ0) is 13.8. The second-order valence-electron chi connectivity index (χ2n) is 5.78. The molecule has 0 aromatic carbocycles. The van der Waals surface area contributed by atoms with Gasteiger partial charge in [0.15, 0.2) is 5.69 Å². The van der Waals surface area contributed by atoms with Gasteiger partial charge in [0.2, 0.25) is 0 Å². The lowest BCUT2D eigenvalue weighted by Crippen LogP contribution is -2.32. The third kappa shape index (κ3) is 3.76. The number of aromatic nitrogens is 3. The first-order valence-electron chi connectivity index (χ1n) is 6.94. The molecule has 19 heavy (non-hydrogen) atoms. The van der Waals surface area contributed by atoms with Gasteiger partial charge in [-0.2, -0.15) is 15.4 Å². The average molecular weight is 265 g/mol. The SMILES string of the molecule is Cc1n[nH]nc1C(=O)NC[C@@H]1CCN(CC(C)C)C1. The van der Waals surface area contributed by atoms with Crippen molar-refractivity contribution >= 4 is 5.91 Å². The van der Waals surface area contributed by atoms with E-state index in [2.05, 4.69) is 39.5 Å². The number of nitrogens with zero attached hydrogens (tertiary/aromatic N) is 3. The van der Waals surface area contributed by atoms with Crippen LogP contribution in [0.2, 0.25) is 0 Å². The molecule has 2 N–H and O–H groups in total. The van der Waals surface area contributed by atoms with Crippen molar-refractivity contribution in [3.05, 3.63) is 11.4 Å². The maximum atomic E-state index is 11.9. The Kier molecular flexibility index (Phi) is 4.52. The largest absolute Gasteiger partial charge is 0.350 e. The van der Waals surface area contributed by atoms with E-state index in [1.807, 2.05) is 0 Å². The van der Waals surface area contributed by atoms with E-state index in [-0.39, 0.29) is 5.91 Å². The van der Waals surface area contributed by atoms with Gasteiger partial charge in [-0.25, -0.2) is 0 Å². The van der Waals surface area contributed by atoms with Crippen molar-refractivity contribution in [2.24, 2.45) is 11.8 Å². The average Bonchev–Trinajstić information content (AvgIpc) is 2.94. The number of amides is 1. The van der Waals surface area contributed by atoms with Gasteiger partial charge in [-0.1, -0.05) is 13.8 Å². The molecule has 6 heteroatoms. The van der Waals surface area contributed by atoms with Crippen LogP contribution in [0.3, 0.4) is 0 Å². The van der Waals surface area contributed by atoms with E-state index >= 15 is 0 Å². The van der Waals surface area contributed by atoms with Gasteiger partial charge in [0.1, 0.15) is 0 Å². The molecule has 1 atom stereocenters. The van der Waals surface area contributed by atoms with E-state index in [0.29, 0.717) is 23.2 Å². The fourth-order valence-corrected chi connectivity index (χ4v) is 2.58. The highest BCUT2D eigenvalue weighted by atomic mass is 16.2. The molecule has 1 saturated heterocycles. The Hall–Kier alpha value is -1.43. The quantitative estimate of drug-likeness (QED) is 0.826. The molecule has 2 heterocycles. The number of nitrogens with one attached hydrogen (secondary N) is 2. The summed E-state index contributed by atoms with van der Waals surface area (Å²) in [6.07, 6.45) is 1.16. The smallest absolute Gasteiger partial charge is 0.273 e. The summed E-state index contributed by atoms with van der Waals surface area (Å²) in [6, 6.07) is 0. The number of likely N-dealkylation sites (tertiary alicyclic amines) is 1. The molecule has 0 saturated carbocycles. The molecule has 6 nitrogen and oxygen atoms in total. The Morgan fingerprint density at radius 3 is 2.95 bits per heavy atom. The van der Waals surface area contributed by atoms with Crippen LogP contribution in [0.1, 0.15) is 36.5 Å². The Labute approximate surface area is 113 Å². The molecule has 0 aliphatic carbocycles. The molecule has 0 bridgehead atoms. The van der Waals surface area contributed by atoms with Gasteiger partial charge in [-0.3, -0.25) is 4.79 Å². The third-order valence-electron chi connectivity index (χ3n) is 3.48. The molecule has 0 spiro atoms. The van der Waals surface area contributed by atoms with Crippen LogP contribution >= 0.6 is 0 Å². The first-order chi connectivity index (χ1) is 9.06. The minimum atomic E-state index is -0.131. The number of carbonyl (C=O) groups excluding carboxylic acids is 1. The summed E-state index contributed by atoms with van der Waals surface area (Å²) in [5.74, 6) is 1.12. The molecular formula is C13H23N5O. The number of aromatic amines is 1. The Bertz CT molecular complexity index is 428. The predicted octanol–water partition coefficient (Wildman–Crippen LogP) is 0.821. The monoisotopic (exact) mass is 265 g/mol. The molecule has 2 rings (SSSR count). The lowest BCUT2D eigenvalue weighted by Gasteiger charge is -2.18. The van der Waals surface area contributed by atoms with Gasteiger partial charge in [0, 0.05) is 19.6 Å². The van der Waals surface area contributed by atoms with Gasteiger partial charge >= 0.3 is 0 Å². The number of rotatable bonds is 5. The van der Waals surface area contributed by atoms with Crippen LogP contribution in [0.4, 0.5) is 0 Å². The molecule has 106 valence electrons. The first-order valence-corrected chi connectivity index (χ1v) is 6.94. The Morgan fingerprint density at radius 1 is 1.53 bits per heavy atom. The summed E-state index contributed by atoms with van der Waals surface area (Å²) in [5.41, 5.74) is 1.04. The normalized spacial score (nSPS) is 20.1. The lowest BCUT2D eigenvalue weighted by atomic mass is 10.1. The summed E-state index contributed by atoms with van der Waals surface area (Å²) in [7, 11) is 0. The van der Waals surface area contributed by atoms with E-state index in [4.69, 9.17) is 0 Å². The second kappa shape index (κ2) is 6.14. The van der Waals surface area contributed by atoms with Gasteiger partial charge in [-0.15, -0.1) is 0 Å².